The molecule has 1 amide bonds. The van der Waals surface area contributed by atoms with Crippen LogP contribution in [0.5, 0.6) is 0 Å². The number of benzene rings is 3. The molecule has 0 unspecified atom stereocenters. The fraction of sp³-hybridized carbons (Fsp3) is 0.120. The molecule has 1 N–H and O–H groups in total. The van der Waals surface area contributed by atoms with Crippen LogP contribution in [0.25, 0.3) is 5.69 Å². The lowest BCUT2D eigenvalue weighted by atomic mass is 10.2. The first-order chi connectivity index (χ1) is 16.3. The zero-order chi connectivity index (χ0) is 24.1. The quantitative estimate of drug-likeness (QED) is 0.417. The van der Waals surface area contributed by atoms with Gasteiger partial charge < -0.3 is 9.88 Å². The Morgan fingerprint density at radius 1 is 1.03 bits per heavy atom. The minimum atomic E-state index is -4.18. The number of imidazole rings is 1. The predicted octanol–water partition coefficient (Wildman–Crippen LogP) is 3.83. The van der Waals surface area contributed by atoms with E-state index in [1.54, 1.807) is 24.7 Å². The molecule has 0 radical (unpaired) electrons. The number of para-hydroxylation sites is 1. The lowest BCUT2D eigenvalue weighted by Gasteiger charge is -2.24. The molecule has 9 heteroatoms. The molecule has 0 atom stereocenters. The van der Waals surface area contributed by atoms with Gasteiger partial charge in [0, 0.05) is 24.6 Å². The number of sulfonamides is 1. The van der Waals surface area contributed by atoms with Crippen molar-refractivity contribution in [3.05, 3.63) is 108 Å². The Labute approximate surface area is 197 Å². The maximum Gasteiger partial charge on any atom is 0.264 e. The first-order valence-corrected chi connectivity index (χ1v) is 12.0. The molecule has 0 aliphatic carbocycles. The Bertz CT molecular complexity index is 1370. The maximum absolute atomic E-state index is 14.6. The van der Waals surface area contributed by atoms with Crippen molar-refractivity contribution in [3.63, 3.8) is 0 Å². The average molecular weight is 479 g/mol. The lowest BCUT2D eigenvalue weighted by Crippen LogP contribution is -2.41. The van der Waals surface area contributed by atoms with Gasteiger partial charge in [0.2, 0.25) is 5.91 Å². The zero-order valence-electron chi connectivity index (χ0n) is 18.4. The highest BCUT2D eigenvalue weighted by molar-refractivity contribution is 7.92. The van der Waals surface area contributed by atoms with Gasteiger partial charge in [0.25, 0.3) is 10.0 Å². The molecule has 1 heterocycles. The summed E-state index contributed by atoms with van der Waals surface area (Å²) in [5, 5.41) is 2.72. The highest BCUT2D eigenvalue weighted by Gasteiger charge is 2.29. The van der Waals surface area contributed by atoms with Gasteiger partial charge in [0.15, 0.2) is 0 Å². The van der Waals surface area contributed by atoms with Crippen LogP contribution in [0, 0.1) is 12.7 Å². The van der Waals surface area contributed by atoms with E-state index in [9.17, 15) is 17.6 Å². The van der Waals surface area contributed by atoms with Crippen LogP contribution in [0.1, 0.15) is 11.1 Å². The molecule has 174 valence electrons. The highest BCUT2D eigenvalue weighted by Crippen LogP contribution is 2.26. The number of halogens is 1. The first-order valence-electron chi connectivity index (χ1n) is 10.5. The molecule has 0 saturated heterocycles. The third-order valence-corrected chi connectivity index (χ3v) is 7.02. The number of amides is 1. The van der Waals surface area contributed by atoms with Gasteiger partial charge in [-0.15, -0.1) is 0 Å². The number of aromatic nitrogens is 2. The summed E-state index contributed by atoms with van der Waals surface area (Å²) in [5.74, 6) is -1.29. The Kier molecular flexibility index (Phi) is 6.74. The van der Waals surface area contributed by atoms with Gasteiger partial charge in [-0.3, -0.25) is 9.10 Å². The van der Waals surface area contributed by atoms with E-state index < -0.39 is 28.3 Å². The first kappa shape index (κ1) is 23.2. The summed E-state index contributed by atoms with van der Waals surface area (Å²) in [6.45, 7) is 1.46. The number of nitrogens with one attached hydrogen (secondary N) is 1. The number of rotatable bonds is 8. The Morgan fingerprint density at radius 2 is 1.74 bits per heavy atom. The highest BCUT2D eigenvalue weighted by atomic mass is 32.2. The zero-order valence-corrected chi connectivity index (χ0v) is 19.2. The number of hydrogen-bond acceptors (Lipinski definition) is 4. The second kappa shape index (κ2) is 9.88. The van der Waals surface area contributed by atoms with E-state index in [2.05, 4.69) is 10.3 Å². The van der Waals surface area contributed by atoms with Crippen molar-refractivity contribution < 1.29 is 17.6 Å². The smallest absolute Gasteiger partial charge is 0.264 e. The molecule has 0 spiro atoms. The summed E-state index contributed by atoms with van der Waals surface area (Å²) in [6.07, 6.45) is 5.19. The lowest BCUT2D eigenvalue weighted by molar-refractivity contribution is -0.119. The fourth-order valence-corrected chi connectivity index (χ4v) is 4.80. The van der Waals surface area contributed by atoms with Crippen molar-refractivity contribution in [2.45, 2.75) is 18.4 Å². The van der Waals surface area contributed by atoms with E-state index in [4.69, 9.17) is 0 Å². The topological polar surface area (TPSA) is 84.3 Å². The van der Waals surface area contributed by atoms with Gasteiger partial charge in [-0.2, -0.15) is 0 Å². The largest absolute Gasteiger partial charge is 0.350 e. The molecule has 0 aliphatic heterocycles. The SMILES string of the molecule is Cc1ccc(S(=O)(=O)N(CC(=O)NCc2ccc(-n3ccnc3)cc2)c2ccccc2F)cc1. The van der Waals surface area contributed by atoms with Crippen molar-refractivity contribution in [2.24, 2.45) is 0 Å². The summed E-state index contributed by atoms with van der Waals surface area (Å²) in [6, 6.07) is 19.2. The van der Waals surface area contributed by atoms with E-state index in [1.165, 1.54) is 30.3 Å². The Balaban J connectivity index is 1.51. The van der Waals surface area contributed by atoms with Crippen molar-refractivity contribution in [1.82, 2.24) is 14.9 Å². The molecule has 4 aromatic rings. The standard InChI is InChI=1S/C25H23FN4O3S/c1-19-6-12-22(13-7-19)34(32,33)30(24-5-3-2-4-23(24)26)17-25(31)28-16-20-8-10-21(11-9-20)29-15-14-27-18-29/h2-15,18H,16-17H2,1H3,(H,28,31). The molecule has 0 bridgehead atoms. The maximum atomic E-state index is 14.6. The van der Waals surface area contributed by atoms with E-state index in [-0.39, 0.29) is 17.1 Å². The van der Waals surface area contributed by atoms with Crippen molar-refractivity contribution in [1.29, 1.82) is 0 Å². The number of carbonyl (C=O) groups excluding carboxylic acids is 1. The van der Waals surface area contributed by atoms with Crippen LogP contribution in [0.2, 0.25) is 0 Å². The average Bonchev–Trinajstić information content (AvgIpc) is 3.37. The third-order valence-electron chi connectivity index (χ3n) is 5.25. The molecular weight excluding hydrogens is 455 g/mol. The number of nitrogens with zero attached hydrogens (tertiary/aromatic N) is 3. The molecule has 4 rings (SSSR count). The van der Waals surface area contributed by atoms with Crippen LogP contribution < -0.4 is 9.62 Å². The van der Waals surface area contributed by atoms with Crippen LogP contribution in [0.15, 0.2) is 96.4 Å². The third kappa shape index (κ3) is 5.15. The van der Waals surface area contributed by atoms with E-state index in [0.717, 1.165) is 27.2 Å². The van der Waals surface area contributed by atoms with Gasteiger partial charge in [0.05, 0.1) is 16.9 Å². The molecule has 0 saturated carbocycles. The summed E-state index contributed by atoms with van der Waals surface area (Å²) in [4.78, 5) is 16.7. The molecule has 3 aromatic carbocycles. The minimum Gasteiger partial charge on any atom is -0.350 e. The molecule has 0 fully saturated rings. The van der Waals surface area contributed by atoms with Crippen molar-refractivity contribution >= 4 is 21.6 Å². The normalized spacial score (nSPS) is 11.2. The fourth-order valence-electron chi connectivity index (χ4n) is 3.38. The minimum absolute atomic E-state index is 0.0238. The molecular formula is C25H23FN4O3S. The van der Waals surface area contributed by atoms with Gasteiger partial charge >= 0.3 is 0 Å². The van der Waals surface area contributed by atoms with Gasteiger partial charge in [-0.1, -0.05) is 42.0 Å². The molecule has 1 aromatic heterocycles. The van der Waals surface area contributed by atoms with Crippen LogP contribution in [-0.2, 0) is 21.4 Å². The van der Waals surface area contributed by atoms with E-state index in [1.807, 2.05) is 42.0 Å². The van der Waals surface area contributed by atoms with E-state index >= 15 is 0 Å². The molecule has 0 aliphatic rings. The van der Waals surface area contributed by atoms with Crippen molar-refractivity contribution in [3.8, 4) is 5.69 Å². The number of carbonyl (C=O) groups is 1. The van der Waals surface area contributed by atoms with Crippen LogP contribution >= 0.6 is 0 Å². The van der Waals surface area contributed by atoms with Gasteiger partial charge in [-0.25, -0.2) is 17.8 Å². The van der Waals surface area contributed by atoms with Crippen LogP contribution in [0.4, 0.5) is 10.1 Å². The second-order valence-corrected chi connectivity index (χ2v) is 9.55. The molecule has 34 heavy (non-hydrogen) atoms. The second-order valence-electron chi connectivity index (χ2n) is 7.69. The number of hydrogen-bond donors (Lipinski definition) is 1. The number of aryl methyl sites for hydroxylation is 1. The summed E-state index contributed by atoms with van der Waals surface area (Å²) < 4.78 is 43.9. The summed E-state index contributed by atoms with van der Waals surface area (Å²) >= 11 is 0. The molecule has 7 nitrogen and oxygen atoms in total. The Hall–Kier alpha value is -3.98. The van der Waals surface area contributed by atoms with Gasteiger partial charge in [-0.05, 0) is 48.9 Å². The summed E-state index contributed by atoms with van der Waals surface area (Å²) in [5.41, 5.74) is 2.44. The van der Waals surface area contributed by atoms with Crippen molar-refractivity contribution in [2.75, 3.05) is 10.8 Å². The van der Waals surface area contributed by atoms with Gasteiger partial charge in [0.1, 0.15) is 12.4 Å². The predicted molar refractivity (Wildman–Crippen MR) is 128 cm³/mol. The van der Waals surface area contributed by atoms with E-state index in [0.29, 0.717) is 0 Å². The number of anilines is 1. The monoisotopic (exact) mass is 478 g/mol. The Morgan fingerprint density at radius 3 is 2.38 bits per heavy atom. The summed E-state index contributed by atoms with van der Waals surface area (Å²) in [7, 11) is -4.18. The van der Waals surface area contributed by atoms with Crippen LogP contribution in [-0.4, -0.2) is 30.4 Å². The van der Waals surface area contributed by atoms with Crippen LogP contribution in [0.3, 0.4) is 0 Å².